The maximum Gasteiger partial charge on any atom is 0.254 e. The van der Waals surface area contributed by atoms with E-state index in [4.69, 9.17) is 0 Å². The largest absolute Gasteiger partial charge is 0.336 e. The number of nitrogens with one attached hydrogen (secondary N) is 1. The Bertz CT molecular complexity index is 412. The van der Waals surface area contributed by atoms with Crippen molar-refractivity contribution in [2.24, 2.45) is 0 Å². The van der Waals surface area contributed by atoms with E-state index in [9.17, 15) is 4.79 Å². The molecule has 18 heavy (non-hydrogen) atoms. The molecule has 1 saturated heterocycles. The first kappa shape index (κ1) is 15.0. The molecule has 1 amide bonds. The number of carbonyl (C=O) groups excluding carboxylic acids is 1. The van der Waals surface area contributed by atoms with E-state index in [1.54, 1.807) is 0 Å². The molecule has 1 N–H and O–H groups in total. The molecule has 1 heterocycles. The van der Waals surface area contributed by atoms with Crippen LogP contribution in [-0.2, 0) is 0 Å². The average molecular weight is 269 g/mol. The molecule has 3 nitrogen and oxygen atoms in total. The molecule has 1 fully saturated rings. The van der Waals surface area contributed by atoms with Gasteiger partial charge in [0.1, 0.15) is 0 Å². The first-order valence-electron chi connectivity index (χ1n) is 6.19. The highest BCUT2D eigenvalue weighted by atomic mass is 35.5. The maximum absolute atomic E-state index is 12.4. The number of hydrogen-bond acceptors (Lipinski definition) is 2. The van der Waals surface area contributed by atoms with E-state index in [1.165, 1.54) is 0 Å². The molecule has 1 aliphatic rings. The Balaban J connectivity index is 0.00000162. The minimum absolute atomic E-state index is 0. The second-order valence-electron chi connectivity index (χ2n) is 4.99. The topological polar surface area (TPSA) is 32.3 Å². The summed E-state index contributed by atoms with van der Waals surface area (Å²) in [5, 5.41) is 3.44. The highest BCUT2D eigenvalue weighted by Crippen LogP contribution is 2.13. The summed E-state index contributed by atoms with van der Waals surface area (Å²) in [5.41, 5.74) is 1.88. The molecule has 0 bridgehead atoms. The van der Waals surface area contributed by atoms with Gasteiger partial charge in [-0.25, -0.2) is 0 Å². The van der Waals surface area contributed by atoms with Crippen LogP contribution < -0.4 is 5.32 Å². The summed E-state index contributed by atoms with van der Waals surface area (Å²) in [5.74, 6) is 0.156. The van der Waals surface area contributed by atoms with E-state index in [0.717, 1.165) is 24.2 Å². The predicted molar refractivity (Wildman–Crippen MR) is 76.4 cm³/mol. The van der Waals surface area contributed by atoms with Gasteiger partial charge in [-0.2, -0.15) is 0 Å². The highest BCUT2D eigenvalue weighted by molar-refractivity contribution is 5.95. The minimum atomic E-state index is 0. The van der Waals surface area contributed by atoms with Crippen LogP contribution >= 0.6 is 12.4 Å². The van der Waals surface area contributed by atoms with Crippen LogP contribution in [0, 0.1) is 6.92 Å². The van der Waals surface area contributed by atoms with Crippen molar-refractivity contribution in [3.05, 3.63) is 35.4 Å². The fourth-order valence-corrected chi connectivity index (χ4v) is 2.48. The van der Waals surface area contributed by atoms with E-state index in [-0.39, 0.29) is 18.3 Å². The number of rotatable bonds is 1. The Kier molecular flexibility index (Phi) is 5.17. The maximum atomic E-state index is 12.4. The second kappa shape index (κ2) is 6.21. The first-order valence-corrected chi connectivity index (χ1v) is 6.19. The van der Waals surface area contributed by atoms with Crippen LogP contribution in [0.15, 0.2) is 24.3 Å². The van der Waals surface area contributed by atoms with Gasteiger partial charge in [0.05, 0.1) is 0 Å². The summed E-state index contributed by atoms with van der Waals surface area (Å²) in [6.45, 7) is 7.80. The van der Waals surface area contributed by atoms with Gasteiger partial charge in [-0.1, -0.05) is 18.2 Å². The van der Waals surface area contributed by atoms with Crippen LogP contribution in [0.2, 0.25) is 0 Å². The molecule has 0 aromatic heterocycles. The Labute approximate surface area is 115 Å². The van der Waals surface area contributed by atoms with Crippen molar-refractivity contribution >= 4 is 18.3 Å². The van der Waals surface area contributed by atoms with Gasteiger partial charge in [-0.3, -0.25) is 4.79 Å². The van der Waals surface area contributed by atoms with Crippen molar-refractivity contribution in [3.63, 3.8) is 0 Å². The molecule has 0 aliphatic carbocycles. The van der Waals surface area contributed by atoms with Gasteiger partial charge in [-0.05, 0) is 32.4 Å². The zero-order chi connectivity index (χ0) is 12.4. The smallest absolute Gasteiger partial charge is 0.254 e. The van der Waals surface area contributed by atoms with Crippen LogP contribution in [0.3, 0.4) is 0 Å². The van der Waals surface area contributed by atoms with Crippen molar-refractivity contribution < 1.29 is 4.79 Å². The molecular formula is C14H21ClN2O. The number of carbonyl (C=O) groups is 1. The lowest BCUT2D eigenvalue weighted by atomic mass is 10.1. The Morgan fingerprint density at radius 3 is 2.33 bits per heavy atom. The van der Waals surface area contributed by atoms with Crippen molar-refractivity contribution in [3.8, 4) is 0 Å². The van der Waals surface area contributed by atoms with Crippen LogP contribution in [0.25, 0.3) is 0 Å². The SMILES string of the molecule is Cc1ccccc1C(=O)N1CC(C)NC(C)C1.Cl. The number of hydrogen-bond donors (Lipinski definition) is 1. The van der Waals surface area contributed by atoms with Crippen molar-refractivity contribution in [2.75, 3.05) is 13.1 Å². The first-order chi connectivity index (χ1) is 8.08. The molecule has 1 aromatic carbocycles. The third-order valence-corrected chi connectivity index (χ3v) is 3.22. The molecule has 2 rings (SSSR count). The van der Waals surface area contributed by atoms with Gasteiger partial charge in [0, 0.05) is 30.7 Å². The number of nitrogens with zero attached hydrogens (tertiary/aromatic N) is 1. The molecular weight excluding hydrogens is 248 g/mol. The van der Waals surface area contributed by atoms with Crippen molar-refractivity contribution in [1.29, 1.82) is 0 Å². The van der Waals surface area contributed by atoms with Gasteiger partial charge in [0.25, 0.3) is 5.91 Å². The molecule has 100 valence electrons. The van der Waals surface area contributed by atoms with Crippen LogP contribution in [0.4, 0.5) is 0 Å². The number of aryl methyl sites for hydroxylation is 1. The molecule has 4 heteroatoms. The lowest BCUT2D eigenvalue weighted by Crippen LogP contribution is -2.55. The van der Waals surface area contributed by atoms with Gasteiger partial charge < -0.3 is 10.2 Å². The summed E-state index contributed by atoms with van der Waals surface area (Å²) in [6, 6.07) is 8.53. The Morgan fingerprint density at radius 2 is 1.78 bits per heavy atom. The fraction of sp³-hybridized carbons (Fsp3) is 0.500. The monoisotopic (exact) mass is 268 g/mol. The zero-order valence-electron chi connectivity index (χ0n) is 11.1. The molecule has 1 aromatic rings. The summed E-state index contributed by atoms with van der Waals surface area (Å²) >= 11 is 0. The average Bonchev–Trinajstić information content (AvgIpc) is 2.27. The van der Waals surface area contributed by atoms with E-state index in [1.807, 2.05) is 36.1 Å². The number of benzene rings is 1. The van der Waals surface area contributed by atoms with Gasteiger partial charge in [0.2, 0.25) is 0 Å². The van der Waals surface area contributed by atoms with E-state index >= 15 is 0 Å². The Morgan fingerprint density at radius 1 is 1.22 bits per heavy atom. The molecule has 2 unspecified atom stereocenters. The summed E-state index contributed by atoms with van der Waals surface area (Å²) in [6.07, 6.45) is 0. The molecule has 0 radical (unpaired) electrons. The van der Waals surface area contributed by atoms with Crippen molar-refractivity contribution in [2.45, 2.75) is 32.9 Å². The van der Waals surface area contributed by atoms with Crippen molar-refractivity contribution in [1.82, 2.24) is 10.2 Å². The molecule has 0 spiro atoms. The predicted octanol–water partition coefficient (Wildman–Crippen LogP) is 2.24. The van der Waals surface area contributed by atoms with Crippen LogP contribution in [0.5, 0.6) is 0 Å². The standard InChI is InChI=1S/C14H20N2O.ClH/c1-10-6-4-5-7-13(10)14(17)16-8-11(2)15-12(3)9-16;/h4-7,11-12,15H,8-9H2,1-3H3;1H. The van der Waals surface area contributed by atoms with E-state index in [0.29, 0.717) is 12.1 Å². The third kappa shape index (κ3) is 3.24. The lowest BCUT2D eigenvalue weighted by molar-refractivity contribution is 0.0673. The normalized spacial score (nSPS) is 23.4. The fourth-order valence-electron chi connectivity index (χ4n) is 2.48. The quantitative estimate of drug-likeness (QED) is 0.847. The van der Waals surface area contributed by atoms with E-state index in [2.05, 4.69) is 19.2 Å². The lowest BCUT2D eigenvalue weighted by Gasteiger charge is -2.36. The number of amides is 1. The molecule has 2 atom stereocenters. The number of piperazine rings is 1. The van der Waals surface area contributed by atoms with Gasteiger partial charge in [-0.15, -0.1) is 12.4 Å². The summed E-state index contributed by atoms with van der Waals surface area (Å²) < 4.78 is 0. The minimum Gasteiger partial charge on any atom is -0.336 e. The Hall–Kier alpha value is -1.06. The zero-order valence-corrected chi connectivity index (χ0v) is 12.0. The van der Waals surface area contributed by atoms with Gasteiger partial charge in [0.15, 0.2) is 0 Å². The van der Waals surface area contributed by atoms with Gasteiger partial charge >= 0.3 is 0 Å². The molecule has 0 saturated carbocycles. The molecule has 1 aliphatic heterocycles. The van der Waals surface area contributed by atoms with E-state index < -0.39 is 0 Å². The van der Waals surface area contributed by atoms with Crippen LogP contribution in [-0.4, -0.2) is 36.0 Å². The second-order valence-corrected chi connectivity index (χ2v) is 4.99. The summed E-state index contributed by atoms with van der Waals surface area (Å²) in [4.78, 5) is 14.4. The highest BCUT2D eigenvalue weighted by Gasteiger charge is 2.25. The van der Waals surface area contributed by atoms with Crippen LogP contribution in [0.1, 0.15) is 29.8 Å². The third-order valence-electron chi connectivity index (χ3n) is 3.22. The number of halogens is 1. The summed E-state index contributed by atoms with van der Waals surface area (Å²) in [7, 11) is 0.